The van der Waals surface area contributed by atoms with Gasteiger partial charge in [0.1, 0.15) is 5.01 Å². The van der Waals surface area contributed by atoms with Crippen LogP contribution in [0.5, 0.6) is 0 Å². The van der Waals surface area contributed by atoms with E-state index in [-0.39, 0.29) is 5.00 Å². The second-order valence-electron chi connectivity index (χ2n) is 10.7. The van der Waals surface area contributed by atoms with E-state index in [2.05, 4.69) is 37.9 Å². The van der Waals surface area contributed by atoms with Gasteiger partial charge in [0.2, 0.25) is 0 Å². The van der Waals surface area contributed by atoms with E-state index < -0.39 is 0 Å². The molecule has 2 nitrogen and oxygen atoms in total. The Kier molecular flexibility index (Phi) is 5.81. The molecule has 3 fully saturated rings. The minimum atomic E-state index is -0.251. The number of alkyl halides is 1. The van der Waals surface area contributed by atoms with Crippen LogP contribution in [0.15, 0.2) is 5.57 Å². The average Bonchev–Trinajstić information content (AvgIpc) is 3.37. The molecule has 0 bridgehead atoms. The number of thiazole rings is 1. The fourth-order valence-corrected chi connectivity index (χ4v) is 7.76. The van der Waals surface area contributed by atoms with Gasteiger partial charge in [-0.3, -0.25) is 0 Å². The van der Waals surface area contributed by atoms with Crippen molar-refractivity contribution in [1.82, 2.24) is 9.88 Å². The van der Waals surface area contributed by atoms with Crippen molar-refractivity contribution in [3.8, 4) is 0 Å². The van der Waals surface area contributed by atoms with Crippen molar-refractivity contribution in [2.75, 3.05) is 6.54 Å². The number of hydrogen-bond donors (Lipinski definition) is 0. The lowest BCUT2D eigenvalue weighted by Gasteiger charge is -2.31. The Morgan fingerprint density at radius 3 is 2.83 bits per heavy atom. The maximum atomic E-state index is 6.57. The highest BCUT2D eigenvalue weighted by Crippen LogP contribution is 2.42. The Morgan fingerprint density at radius 2 is 1.97 bits per heavy atom. The molecule has 3 heterocycles. The summed E-state index contributed by atoms with van der Waals surface area (Å²) in [6.45, 7) is 8.30. The Labute approximate surface area is 191 Å². The van der Waals surface area contributed by atoms with E-state index in [4.69, 9.17) is 16.6 Å². The quantitative estimate of drug-likeness (QED) is 0.241. The number of nitrogens with zero attached hydrogens (tertiary/aromatic N) is 2. The molecular weight excluding hydrogens is 408 g/mol. The van der Waals surface area contributed by atoms with Crippen LogP contribution in [0.1, 0.15) is 90.0 Å². The average molecular weight is 445 g/mol. The summed E-state index contributed by atoms with van der Waals surface area (Å²) in [5.41, 5.74) is 3.11. The molecule has 2 aliphatic heterocycles. The van der Waals surface area contributed by atoms with Crippen LogP contribution in [0.25, 0.3) is 17.8 Å². The zero-order chi connectivity index (χ0) is 20.9. The molecule has 0 radical (unpaired) electrons. The highest BCUT2D eigenvalue weighted by molar-refractivity contribution is 7.10. The fourth-order valence-electron chi connectivity index (χ4n) is 6.31. The molecular formula is C26H37ClN2S. The second-order valence-corrected chi connectivity index (χ2v) is 12.3. The molecule has 0 amide bonds. The van der Waals surface area contributed by atoms with Crippen molar-refractivity contribution >= 4 is 40.8 Å². The molecule has 4 aliphatic rings. The summed E-state index contributed by atoms with van der Waals surface area (Å²) in [6.07, 6.45) is 18.4. The molecule has 5 rings (SSSR count). The zero-order valence-electron chi connectivity index (χ0n) is 18.9. The molecule has 5 unspecified atom stereocenters. The van der Waals surface area contributed by atoms with Gasteiger partial charge in [-0.05, 0) is 80.8 Å². The third kappa shape index (κ3) is 4.13. The van der Waals surface area contributed by atoms with Crippen LogP contribution in [-0.2, 0) is 0 Å². The van der Waals surface area contributed by atoms with Crippen molar-refractivity contribution < 1.29 is 0 Å². The van der Waals surface area contributed by atoms with Crippen LogP contribution in [0.4, 0.5) is 0 Å². The number of hydrogen-bond acceptors (Lipinski definition) is 3. The summed E-state index contributed by atoms with van der Waals surface area (Å²) < 4.78 is 1.26. The molecule has 0 N–H and O–H groups in total. The van der Waals surface area contributed by atoms with Crippen LogP contribution >= 0.6 is 22.9 Å². The fraction of sp³-hybridized carbons (Fsp3) is 0.731. The lowest BCUT2D eigenvalue weighted by Crippen LogP contribution is -2.29. The van der Waals surface area contributed by atoms with Gasteiger partial charge in [0, 0.05) is 6.20 Å². The Morgan fingerprint density at radius 1 is 1.17 bits per heavy atom. The van der Waals surface area contributed by atoms with E-state index in [0.29, 0.717) is 0 Å². The molecule has 1 aromatic rings. The first kappa shape index (κ1) is 21.1. The Balaban J connectivity index is 1.30. The molecule has 0 aromatic carbocycles. The first-order chi connectivity index (χ1) is 14.4. The summed E-state index contributed by atoms with van der Waals surface area (Å²) in [5, 5.41) is 2.33. The van der Waals surface area contributed by atoms with E-state index in [1.54, 1.807) is 5.57 Å². The van der Waals surface area contributed by atoms with Gasteiger partial charge < -0.3 is 4.90 Å². The number of halogens is 1. The summed E-state index contributed by atoms with van der Waals surface area (Å²) in [7, 11) is 0. The van der Waals surface area contributed by atoms with Crippen LogP contribution < -0.4 is 9.88 Å². The maximum absolute atomic E-state index is 6.57. The first-order valence-electron chi connectivity index (χ1n) is 12.3. The minimum absolute atomic E-state index is 0.251. The van der Waals surface area contributed by atoms with Gasteiger partial charge in [-0.1, -0.05) is 56.7 Å². The summed E-state index contributed by atoms with van der Waals surface area (Å²) in [5.74, 6) is 3.69. The molecule has 4 heteroatoms. The van der Waals surface area contributed by atoms with Crippen molar-refractivity contribution in [1.29, 1.82) is 0 Å². The molecule has 1 saturated heterocycles. The summed E-state index contributed by atoms with van der Waals surface area (Å²) in [4.78, 5) is 6.91. The highest BCUT2D eigenvalue weighted by Gasteiger charge is 2.48. The lowest BCUT2D eigenvalue weighted by atomic mass is 9.75. The second kappa shape index (κ2) is 8.28. The number of rotatable bonds is 3. The van der Waals surface area contributed by atoms with Gasteiger partial charge >= 0.3 is 0 Å². The molecule has 164 valence electrons. The van der Waals surface area contributed by atoms with Crippen LogP contribution in [0, 0.1) is 23.7 Å². The van der Waals surface area contributed by atoms with Gasteiger partial charge in [-0.15, -0.1) is 11.3 Å². The van der Waals surface area contributed by atoms with E-state index in [0.717, 1.165) is 35.6 Å². The number of aromatic nitrogens is 1. The zero-order valence-corrected chi connectivity index (χ0v) is 20.5. The highest BCUT2D eigenvalue weighted by atomic mass is 35.5. The predicted octanol–water partition coefficient (Wildman–Crippen LogP) is 6.13. The van der Waals surface area contributed by atoms with Gasteiger partial charge in [-0.25, -0.2) is 4.98 Å². The molecule has 1 aromatic heterocycles. The molecule has 0 spiro atoms. The standard InChI is InChI=1S/C26H37ClN2S/c1-17-7-4-5-8-22(13-17)18(2)20-9-6-10-21(12-11-20)19(3)25-28-23-15-29-16-26(29,27)14-24(23)30-25/h14-15,17-18,20,22H,4-13,16H2,1-3H3. The number of fused-ring (bicyclic) bond motifs is 2. The van der Waals surface area contributed by atoms with Gasteiger partial charge in [0.15, 0.2) is 5.00 Å². The Hall–Kier alpha value is -0.800. The van der Waals surface area contributed by atoms with Crippen molar-refractivity contribution in [2.24, 2.45) is 23.7 Å². The van der Waals surface area contributed by atoms with Gasteiger partial charge in [-0.2, -0.15) is 0 Å². The predicted molar refractivity (Wildman–Crippen MR) is 130 cm³/mol. The minimum Gasteiger partial charge on any atom is -0.348 e. The van der Waals surface area contributed by atoms with Crippen molar-refractivity contribution in [2.45, 2.75) is 90.0 Å². The van der Waals surface area contributed by atoms with Crippen LogP contribution in [0.2, 0.25) is 0 Å². The summed E-state index contributed by atoms with van der Waals surface area (Å²) >= 11 is 8.41. The van der Waals surface area contributed by atoms with Gasteiger partial charge in [0.25, 0.3) is 0 Å². The Bertz CT molecular complexity index is 947. The molecule has 30 heavy (non-hydrogen) atoms. The number of allylic oxidation sites excluding steroid dienone is 2. The van der Waals surface area contributed by atoms with Crippen LogP contribution in [-0.4, -0.2) is 21.4 Å². The first-order valence-corrected chi connectivity index (χ1v) is 13.5. The maximum Gasteiger partial charge on any atom is 0.153 e. The topological polar surface area (TPSA) is 15.9 Å². The monoisotopic (exact) mass is 444 g/mol. The van der Waals surface area contributed by atoms with Gasteiger partial charge in [0.05, 0.1) is 16.4 Å². The lowest BCUT2D eigenvalue weighted by molar-refractivity contribution is 0.194. The molecule has 5 atom stereocenters. The normalized spacial score (nSPS) is 36.4. The molecule has 2 aliphatic carbocycles. The largest absolute Gasteiger partial charge is 0.348 e. The van der Waals surface area contributed by atoms with E-state index in [9.17, 15) is 0 Å². The third-order valence-corrected chi connectivity index (χ3v) is 10.1. The third-order valence-electron chi connectivity index (χ3n) is 8.51. The van der Waals surface area contributed by atoms with E-state index >= 15 is 0 Å². The SMILES string of the molecule is CC(=C1CCCC(C(C)C2CCCCC(C)C2)CC1)c1nc2c(s1)=CC1(Cl)CN1C=2. The molecule has 2 saturated carbocycles. The van der Waals surface area contributed by atoms with E-state index in [1.165, 1.54) is 79.3 Å². The van der Waals surface area contributed by atoms with E-state index in [1.807, 2.05) is 11.3 Å². The van der Waals surface area contributed by atoms with Crippen molar-refractivity contribution in [3.63, 3.8) is 0 Å². The van der Waals surface area contributed by atoms with Crippen LogP contribution in [0.3, 0.4) is 0 Å². The summed E-state index contributed by atoms with van der Waals surface area (Å²) in [6, 6.07) is 0. The smallest absolute Gasteiger partial charge is 0.153 e. The van der Waals surface area contributed by atoms with Crippen molar-refractivity contribution in [3.05, 3.63) is 20.5 Å².